The molecule has 0 bridgehead atoms. The number of carbonyl (C=O) groups is 1. The van der Waals surface area contributed by atoms with Crippen molar-refractivity contribution in [3.05, 3.63) is 0 Å². The van der Waals surface area contributed by atoms with Gasteiger partial charge in [0.25, 0.3) is 0 Å². The van der Waals surface area contributed by atoms with Crippen LogP contribution >= 0.6 is 0 Å². The van der Waals surface area contributed by atoms with E-state index in [1.807, 2.05) is 0 Å². The Balaban J connectivity index is -0.0000000480. The van der Waals surface area contributed by atoms with Crippen molar-refractivity contribution < 1.29 is 61.1 Å². The van der Waals surface area contributed by atoms with Gasteiger partial charge in [-0.1, -0.05) is 0 Å². The van der Waals surface area contributed by atoms with Gasteiger partial charge in [0.2, 0.25) is 0 Å². The molecular formula is CH4LaO5. The smallest absolute Gasteiger partial charge is 0.450 e. The Morgan fingerprint density at radius 3 is 1.14 bits per heavy atom. The van der Waals surface area contributed by atoms with E-state index >= 15 is 0 Å². The van der Waals surface area contributed by atoms with E-state index in [1.54, 1.807) is 0 Å². The van der Waals surface area contributed by atoms with Gasteiger partial charge in [0.1, 0.15) is 0 Å². The normalized spacial score (nSPS) is 4.29. The Bertz CT molecular complexity index is 31.1. The summed E-state index contributed by atoms with van der Waals surface area (Å²) in [5, 5.41) is 25.9. The van der Waals surface area contributed by atoms with E-state index in [-0.39, 0.29) is 35.6 Å². The predicted molar refractivity (Wildman–Crippen MR) is 15.9 cm³/mol. The molecule has 4 N–H and O–H groups in total. The van der Waals surface area contributed by atoms with Gasteiger partial charge in [0.05, 0.1) is 0 Å². The molecule has 0 aliphatic carbocycles. The van der Waals surface area contributed by atoms with Gasteiger partial charge in [-0.2, -0.15) is 0 Å². The van der Waals surface area contributed by atoms with Crippen LogP contribution in [0.25, 0.3) is 0 Å². The van der Waals surface area contributed by atoms with Crippen molar-refractivity contribution in [3.63, 3.8) is 0 Å². The molecule has 0 spiro atoms. The molecule has 0 amide bonds. The molecule has 0 aliphatic rings. The average molecular weight is 235 g/mol. The summed E-state index contributed by atoms with van der Waals surface area (Å²) in [5.41, 5.74) is 0. The van der Waals surface area contributed by atoms with Crippen molar-refractivity contribution in [2.75, 3.05) is 0 Å². The third kappa shape index (κ3) is 829. The van der Waals surface area contributed by atoms with Crippen molar-refractivity contribution in [3.8, 4) is 0 Å². The SMILES string of the molecule is O=C(O)O.OO.[La]. The summed E-state index contributed by atoms with van der Waals surface area (Å²) in [5.74, 6) is 0. The van der Waals surface area contributed by atoms with Crippen LogP contribution in [0.2, 0.25) is 0 Å². The first kappa shape index (κ1) is 15.7. The van der Waals surface area contributed by atoms with E-state index in [1.165, 1.54) is 0 Å². The van der Waals surface area contributed by atoms with Crippen LogP contribution in [-0.2, 0) is 0 Å². The van der Waals surface area contributed by atoms with E-state index in [0.29, 0.717) is 0 Å². The minimum atomic E-state index is -1.83. The van der Waals surface area contributed by atoms with Gasteiger partial charge in [0, 0.05) is 35.6 Å². The minimum absolute atomic E-state index is 0. The molecule has 1 radical (unpaired) electrons. The van der Waals surface area contributed by atoms with Gasteiger partial charge in [-0.15, -0.1) is 0 Å². The standard InChI is InChI=1S/CH2O3.La.H2O2/c2-1(3)4;;1-2/h(H2,2,3,4);;1-2H. The van der Waals surface area contributed by atoms with Crippen molar-refractivity contribution in [2.24, 2.45) is 0 Å². The Morgan fingerprint density at radius 2 is 1.14 bits per heavy atom. The molecule has 0 rings (SSSR count). The predicted octanol–water partition coefficient (Wildman–Crippen LogP) is 0.240. The summed E-state index contributed by atoms with van der Waals surface area (Å²) >= 11 is 0. The fraction of sp³-hybridized carbons (Fsp3) is 0. The van der Waals surface area contributed by atoms with Crippen molar-refractivity contribution in [2.45, 2.75) is 0 Å². The van der Waals surface area contributed by atoms with E-state index in [4.69, 9.17) is 25.5 Å². The molecule has 0 aliphatic heterocycles. The molecule has 41 valence electrons. The first-order chi connectivity index (χ1) is 2.73. The summed E-state index contributed by atoms with van der Waals surface area (Å²) in [6.07, 6.45) is -1.83. The van der Waals surface area contributed by atoms with Crippen LogP contribution in [0.15, 0.2) is 0 Å². The van der Waals surface area contributed by atoms with E-state index in [0.717, 1.165) is 0 Å². The second-order valence-corrected chi connectivity index (χ2v) is 0.283. The Labute approximate surface area is 67.1 Å². The van der Waals surface area contributed by atoms with E-state index in [2.05, 4.69) is 0 Å². The maximum atomic E-state index is 8.56. The molecule has 0 aromatic carbocycles. The molecule has 0 fully saturated rings. The number of hydrogen-bond acceptors (Lipinski definition) is 3. The average Bonchev–Trinajstić information content (AvgIpc) is 1.41. The van der Waals surface area contributed by atoms with Crippen LogP contribution in [0, 0.1) is 35.6 Å². The molecular weight excluding hydrogens is 231 g/mol. The van der Waals surface area contributed by atoms with Gasteiger partial charge in [0.15, 0.2) is 0 Å². The molecule has 6 heteroatoms. The zero-order chi connectivity index (χ0) is 5.58. The zero-order valence-electron chi connectivity index (χ0n) is 3.27. The molecule has 0 saturated carbocycles. The maximum absolute atomic E-state index is 8.56. The van der Waals surface area contributed by atoms with E-state index < -0.39 is 6.16 Å². The summed E-state index contributed by atoms with van der Waals surface area (Å²) < 4.78 is 0. The first-order valence-corrected chi connectivity index (χ1v) is 0.851. The topological polar surface area (TPSA) is 98.0 Å². The van der Waals surface area contributed by atoms with Gasteiger partial charge >= 0.3 is 6.16 Å². The summed E-state index contributed by atoms with van der Waals surface area (Å²) in [6.45, 7) is 0. The molecule has 7 heavy (non-hydrogen) atoms. The van der Waals surface area contributed by atoms with Crippen LogP contribution in [0.3, 0.4) is 0 Å². The largest absolute Gasteiger partial charge is 0.503 e. The summed E-state index contributed by atoms with van der Waals surface area (Å²) in [6, 6.07) is 0. The van der Waals surface area contributed by atoms with Crippen LogP contribution in [-0.4, -0.2) is 26.9 Å². The third-order valence-electron chi connectivity index (χ3n) is 0. The molecule has 0 aromatic rings. The number of hydrogen-bond donors (Lipinski definition) is 4. The van der Waals surface area contributed by atoms with Crippen molar-refractivity contribution >= 4 is 6.16 Å². The number of carboxylic acid groups (broad SMARTS) is 2. The zero-order valence-corrected chi connectivity index (χ0v) is 6.90. The van der Waals surface area contributed by atoms with Gasteiger partial charge < -0.3 is 10.2 Å². The Morgan fingerprint density at radius 1 is 1.14 bits per heavy atom. The molecule has 0 unspecified atom stereocenters. The van der Waals surface area contributed by atoms with Crippen LogP contribution in [0.5, 0.6) is 0 Å². The van der Waals surface area contributed by atoms with Crippen LogP contribution in [0.1, 0.15) is 0 Å². The Kier molecular flexibility index (Phi) is 36.1. The minimum Gasteiger partial charge on any atom is -0.450 e. The van der Waals surface area contributed by atoms with Gasteiger partial charge in [-0.05, 0) is 0 Å². The van der Waals surface area contributed by atoms with Gasteiger partial charge in [-0.25, -0.2) is 4.79 Å². The second-order valence-electron chi connectivity index (χ2n) is 0.283. The fourth-order valence-electron chi connectivity index (χ4n) is 0. The first-order valence-electron chi connectivity index (χ1n) is 0.851. The molecule has 0 aromatic heterocycles. The van der Waals surface area contributed by atoms with Crippen molar-refractivity contribution in [1.29, 1.82) is 0 Å². The number of rotatable bonds is 0. The third-order valence-corrected chi connectivity index (χ3v) is 0. The Hall–Kier alpha value is 0.385. The van der Waals surface area contributed by atoms with Crippen molar-refractivity contribution in [1.82, 2.24) is 0 Å². The summed E-state index contributed by atoms with van der Waals surface area (Å²) in [7, 11) is 0. The molecule has 5 nitrogen and oxygen atoms in total. The fourth-order valence-corrected chi connectivity index (χ4v) is 0. The molecule has 0 atom stereocenters. The molecule has 0 saturated heterocycles. The van der Waals surface area contributed by atoms with Gasteiger partial charge in [-0.3, -0.25) is 10.5 Å². The molecule has 0 heterocycles. The van der Waals surface area contributed by atoms with Crippen LogP contribution < -0.4 is 0 Å². The van der Waals surface area contributed by atoms with Crippen LogP contribution in [0.4, 0.5) is 4.79 Å². The summed E-state index contributed by atoms with van der Waals surface area (Å²) in [4.78, 5) is 8.56. The second kappa shape index (κ2) is 16.2. The maximum Gasteiger partial charge on any atom is 0.503 e. The quantitative estimate of drug-likeness (QED) is 0.356. The van der Waals surface area contributed by atoms with E-state index in [9.17, 15) is 0 Å². The monoisotopic (exact) mass is 235 g/mol.